The SMILES string of the molecule is N#Cc1ccc(C2O[C@H](CO)[C@@H](O)C(O)[C@H]2O)cc1Cc1ccc(C(F)(F)C(F)(F)F)cc1. The first kappa shape index (κ1) is 25.0. The summed E-state index contributed by atoms with van der Waals surface area (Å²) in [6.45, 7) is -0.626. The van der Waals surface area contributed by atoms with Crippen LogP contribution in [0.2, 0.25) is 0 Å². The van der Waals surface area contributed by atoms with Crippen LogP contribution >= 0.6 is 0 Å². The maximum Gasteiger partial charge on any atom is 0.458 e. The van der Waals surface area contributed by atoms with Crippen molar-refractivity contribution in [2.75, 3.05) is 6.61 Å². The molecule has 178 valence electrons. The summed E-state index contributed by atoms with van der Waals surface area (Å²) in [6, 6.07) is 9.77. The van der Waals surface area contributed by atoms with Gasteiger partial charge in [-0.25, -0.2) is 0 Å². The number of rotatable bonds is 5. The molecule has 2 aromatic carbocycles. The molecule has 3 rings (SSSR count). The molecular formula is C22H20F5NO5. The van der Waals surface area contributed by atoms with Crippen LogP contribution < -0.4 is 0 Å². The molecule has 0 radical (unpaired) electrons. The van der Waals surface area contributed by atoms with Gasteiger partial charge in [0.15, 0.2) is 0 Å². The molecule has 1 fully saturated rings. The number of halogens is 5. The number of aliphatic hydroxyl groups excluding tert-OH is 4. The van der Waals surface area contributed by atoms with Gasteiger partial charge in [-0.2, -0.15) is 27.2 Å². The molecule has 1 aliphatic rings. The fourth-order valence-corrected chi connectivity index (χ4v) is 3.64. The Morgan fingerprint density at radius 2 is 1.55 bits per heavy atom. The molecular weight excluding hydrogens is 453 g/mol. The van der Waals surface area contributed by atoms with Gasteiger partial charge >= 0.3 is 12.1 Å². The van der Waals surface area contributed by atoms with Crippen LogP contribution in [0.4, 0.5) is 22.0 Å². The zero-order valence-electron chi connectivity index (χ0n) is 16.9. The molecule has 0 amide bonds. The highest BCUT2D eigenvalue weighted by atomic mass is 19.4. The first-order valence-electron chi connectivity index (χ1n) is 9.78. The Morgan fingerprint density at radius 1 is 0.909 bits per heavy atom. The van der Waals surface area contributed by atoms with Crippen LogP contribution in [0.1, 0.15) is 33.9 Å². The molecule has 11 heteroatoms. The molecule has 1 saturated heterocycles. The lowest BCUT2D eigenvalue weighted by Gasteiger charge is -2.40. The average Bonchev–Trinajstić information content (AvgIpc) is 2.77. The molecule has 6 nitrogen and oxygen atoms in total. The van der Waals surface area contributed by atoms with E-state index in [1.54, 1.807) is 0 Å². The van der Waals surface area contributed by atoms with Crippen LogP contribution in [0.3, 0.4) is 0 Å². The number of aliphatic hydroxyl groups is 4. The average molecular weight is 473 g/mol. The van der Waals surface area contributed by atoms with Gasteiger partial charge in [-0.15, -0.1) is 0 Å². The Bertz CT molecular complexity index is 1020. The number of nitriles is 1. The van der Waals surface area contributed by atoms with Gasteiger partial charge in [0.1, 0.15) is 30.5 Å². The third-order valence-electron chi connectivity index (χ3n) is 5.54. The van der Waals surface area contributed by atoms with E-state index in [-0.39, 0.29) is 12.0 Å². The maximum atomic E-state index is 13.5. The van der Waals surface area contributed by atoms with Gasteiger partial charge in [0.2, 0.25) is 0 Å². The van der Waals surface area contributed by atoms with Gasteiger partial charge < -0.3 is 25.2 Å². The van der Waals surface area contributed by atoms with Crippen molar-refractivity contribution in [3.05, 3.63) is 70.3 Å². The summed E-state index contributed by atoms with van der Waals surface area (Å²) in [4.78, 5) is 0. The predicted octanol–water partition coefficient (Wildman–Crippen LogP) is 2.32. The van der Waals surface area contributed by atoms with Crippen LogP contribution in [0.15, 0.2) is 42.5 Å². The molecule has 33 heavy (non-hydrogen) atoms. The quantitative estimate of drug-likeness (QED) is 0.496. The first-order chi connectivity index (χ1) is 15.4. The highest BCUT2D eigenvalue weighted by Crippen LogP contribution is 2.43. The summed E-state index contributed by atoms with van der Waals surface area (Å²) < 4.78 is 70.2. The number of hydrogen-bond acceptors (Lipinski definition) is 6. The lowest BCUT2D eigenvalue weighted by Crippen LogP contribution is -2.55. The van der Waals surface area contributed by atoms with E-state index >= 15 is 0 Å². The van der Waals surface area contributed by atoms with Crippen LogP contribution in [0, 0.1) is 11.3 Å². The van der Waals surface area contributed by atoms with E-state index < -0.39 is 54.8 Å². The number of hydrogen-bond donors (Lipinski definition) is 4. The highest BCUT2D eigenvalue weighted by Gasteiger charge is 2.58. The van der Waals surface area contributed by atoms with E-state index in [0.29, 0.717) is 28.8 Å². The van der Waals surface area contributed by atoms with Crippen molar-refractivity contribution in [2.24, 2.45) is 0 Å². The molecule has 0 aromatic heterocycles. The third-order valence-corrected chi connectivity index (χ3v) is 5.54. The van der Waals surface area contributed by atoms with Crippen molar-refractivity contribution in [2.45, 2.75) is 49.0 Å². The summed E-state index contributed by atoms with van der Waals surface area (Å²) in [5, 5.41) is 49.0. The molecule has 2 aromatic rings. The van der Waals surface area contributed by atoms with Gasteiger partial charge in [0.05, 0.1) is 18.2 Å². The minimum atomic E-state index is -5.73. The second kappa shape index (κ2) is 9.32. The topological polar surface area (TPSA) is 114 Å². The number of ether oxygens (including phenoxy) is 1. The summed E-state index contributed by atoms with van der Waals surface area (Å²) >= 11 is 0. The Kier molecular flexibility index (Phi) is 7.07. The van der Waals surface area contributed by atoms with Gasteiger partial charge in [-0.3, -0.25) is 0 Å². The molecule has 4 N–H and O–H groups in total. The second-order valence-corrected chi connectivity index (χ2v) is 7.72. The molecule has 1 heterocycles. The minimum absolute atomic E-state index is 0.00791. The van der Waals surface area contributed by atoms with E-state index in [1.165, 1.54) is 18.2 Å². The smallest absolute Gasteiger partial charge is 0.394 e. The van der Waals surface area contributed by atoms with Gasteiger partial charge in [-0.05, 0) is 29.2 Å². The Labute approximate surface area is 185 Å². The predicted molar refractivity (Wildman–Crippen MR) is 103 cm³/mol. The van der Waals surface area contributed by atoms with Gasteiger partial charge in [0, 0.05) is 5.56 Å². The fourth-order valence-electron chi connectivity index (χ4n) is 3.64. The summed E-state index contributed by atoms with van der Waals surface area (Å²) in [5.74, 6) is -5.01. The molecule has 0 aliphatic carbocycles. The molecule has 5 atom stereocenters. The fraction of sp³-hybridized carbons (Fsp3) is 0.409. The normalized spacial score (nSPS) is 26.1. The Balaban J connectivity index is 1.89. The summed E-state index contributed by atoms with van der Waals surface area (Å²) in [5.41, 5.74) is -0.00930. The first-order valence-corrected chi connectivity index (χ1v) is 9.78. The third kappa shape index (κ3) is 4.85. The largest absolute Gasteiger partial charge is 0.458 e. The zero-order chi connectivity index (χ0) is 24.6. The minimum Gasteiger partial charge on any atom is -0.394 e. The van der Waals surface area contributed by atoms with Gasteiger partial charge in [0.25, 0.3) is 0 Å². The summed E-state index contributed by atoms with van der Waals surface area (Å²) in [6.07, 6.45) is -12.7. The van der Waals surface area contributed by atoms with Crippen molar-refractivity contribution in [1.82, 2.24) is 0 Å². The van der Waals surface area contributed by atoms with E-state index in [4.69, 9.17) is 4.74 Å². The van der Waals surface area contributed by atoms with E-state index in [0.717, 1.165) is 12.1 Å². The lowest BCUT2D eigenvalue weighted by atomic mass is 9.89. The van der Waals surface area contributed by atoms with Crippen LogP contribution in [-0.4, -0.2) is 57.6 Å². The van der Waals surface area contributed by atoms with Crippen molar-refractivity contribution in [1.29, 1.82) is 5.26 Å². The molecule has 2 unspecified atom stereocenters. The number of alkyl halides is 5. The van der Waals surface area contributed by atoms with Gasteiger partial charge in [-0.1, -0.05) is 36.4 Å². The monoisotopic (exact) mass is 473 g/mol. The molecule has 0 spiro atoms. The van der Waals surface area contributed by atoms with E-state index in [2.05, 4.69) is 0 Å². The maximum absolute atomic E-state index is 13.5. The standard InChI is InChI=1S/C22H20F5NO5/c23-21(24,22(25,26)27)15-5-1-11(2-6-15)7-14-8-12(3-4-13(14)9-28)20-19(32)18(31)17(30)16(10-29)33-20/h1-6,8,16-20,29-32H,7,10H2/t16-,17-,18?,19-,20?/m1/s1. The molecule has 0 saturated carbocycles. The van der Waals surface area contributed by atoms with Crippen molar-refractivity contribution in [3.63, 3.8) is 0 Å². The summed E-state index contributed by atoms with van der Waals surface area (Å²) in [7, 11) is 0. The Hall–Kier alpha value is -2.62. The molecule has 0 bridgehead atoms. The van der Waals surface area contributed by atoms with Crippen molar-refractivity contribution >= 4 is 0 Å². The Morgan fingerprint density at radius 3 is 2.09 bits per heavy atom. The van der Waals surface area contributed by atoms with Crippen molar-refractivity contribution < 1.29 is 47.1 Å². The van der Waals surface area contributed by atoms with E-state index in [1.807, 2.05) is 6.07 Å². The highest BCUT2D eigenvalue weighted by molar-refractivity contribution is 5.44. The van der Waals surface area contributed by atoms with Crippen LogP contribution in [0.25, 0.3) is 0 Å². The van der Waals surface area contributed by atoms with Crippen LogP contribution in [-0.2, 0) is 17.1 Å². The van der Waals surface area contributed by atoms with Crippen molar-refractivity contribution in [3.8, 4) is 6.07 Å². The molecule has 1 aliphatic heterocycles. The number of nitrogens with zero attached hydrogens (tertiary/aromatic N) is 1. The lowest BCUT2D eigenvalue weighted by molar-refractivity contribution is -0.289. The second-order valence-electron chi connectivity index (χ2n) is 7.72. The van der Waals surface area contributed by atoms with Crippen LogP contribution in [0.5, 0.6) is 0 Å². The van der Waals surface area contributed by atoms with E-state index in [9.17, 15) is 47.6 Å². The number of benzene rings is 2. The zero-order valence-corrected chi connectivity index (χ0v) is 16.9.